The van der Waals surface area contributed by atoms with Crippen molar-refractivity contribution in [2.75, 3.05) is 31.1 Å². The molecule has 2 aliphatic rings. The Bertz CT molecular complexity index is 1330. The van der Waals surface area contributed by atoms with Crippen LogP contribution in [0.3, 0.4) is 0 Å². The average molecular weight is 460 g/mol. The zero-order chi connectivity index (χ0) is 22.4. The molecule has 33 heavy (non-hydrogen) atoms. The molecule has 0 spiro atoms. The van der Waals surface area contributed by atoms with Gasteiger partial charge in [-0.2, -0.15) is 0 Å². The largest absolute Gasteiger partial charge is 0.479 e. The molecule has 0 radical (unpaired) electrons. The number of H-pyrrole nitrogens is 1. The van der Waals surface area contributed by atoms with Gasteiger partial charge in [0.05, 0.1) is 11.9 Å². The highest BCUT2D eigenvalue weighted by Crippen LogP contribution is 2.43. The van der Waals surface area contributed by atoms with Crippen LogP contribution >= 0.6 is 11.6 Å². The number of benzene rings is 1. The van der Waals surface area contributed by atoms with E-state index in [1.54, 1.807) is 12.4 Å². The van der Waals surface area contributed by atoms with E-state index in [-0.39, 0.29) is 5.91 Å². The third-order valence-corrected chi connectivity index (χ3v) is 6.64. The molecule has 1 N–H and O–H groups in total. The summed E-state index contributed by atoms with van der Waals surface area (Å²) >= 11 is 6.47. The fourth-order valence-electron chi connectivity index (χ4n) is 4.79. The molecular weight excluding hydrogens is 438 g/mol. The van der Waals surface area contributed by atoms with E-state index in [2.05, 4.69) is 19.9 Å². The molecule has 0 aliphatic carbocycles. The van der Waals surface area contributed by atoms with E-state index < -0.39 is 6.10 Å². The van der Waals surface area contributed by atoms with Crippen molar-refractivity contribution in [1.29, 1.82) is 0 Å². The van der Waals surface area contributed by atoms with Crippen LogP contribution < -0.4 is 9.64 Å². The molecule has 7 nitrogen and oxygen atoms in total. The fourth-order valence-corrected chi connectivity index (χ4v) is 5.03. The first kappa shape index (κ1) is 20.1. The van der Waals surface area contributed by atoms with Crippen LogP contribution in [0.5, 0.6) is 5.75 Å². The summed E-state index contributed by atoms with van der Waals surface area (Å²) in [6, 6.07) is 11.7. The van der Waals surface area contributed by atoms with Crippen molar-refractivity contribution >= 4 is 34.2 Å². The SMILES string of the molecule is O=C([C@H]1Cc2cc(Cl)cc(-c3ccnc4[nH]ccc34)c2O1)N1CCN(c2cccnc2)CC1. The van der Waals surface area contributed by atoms with Crippen molar-refractivity contribution in [3.8, 4) is 16.9 Å². The van der Waals surface area contributed by atoms with Crippen molar-refractivity contribution in [2.24, 2.45) is 0 Å². The van der Waals surface area contributed by atoms with Crippen molar-refractivity contribution in [3.05, 3.63) is 71.8 Å². The van der Waals surface area contributed by atoms with Gasteiger partial charge in [-0.05, 0) is 42.0 Å². The summed E-state index contributed by atoms with van der Waals surface area (Å²) in [6.45, 7) is 2.87. The number of anilines is 1. The molecule has 5 heterocycles. The molecule has 6 rings (SSSR count). The molecule has 0 bridgehead atoms. The highest BCUT2D eigenvalue weighted by Gasteiger charge is 2.35. The maximum atomic E-state index is 13.3. The van der Waals surface area contributed by atoms with Crippen LogP contribution in [0.2, 0.25) is 5.02 Å². The van der Waals surface area contributed by atoms with E-state index in [0.29, 0.717) is 24.5 Å². The van der Waals surface area contributed by atoms with Crippen LogP contribution in [0.4, 0.5) is 5.69 Å². The molecule has 1 fully saturated rings. The summed E-state index contributed by atoms with van der Waals surface area (Å²) in [7, 11) is 0. The number of amides is 1. The minimum Gasteiger partial charge on any atom is -0.479 e. The van der Waals surface area contributed by atoms with Gasteiger partial charge in [-0.25, -0.2) is 4.98 Å². The Morgan fingerprint density at radius 2 is 1.97 bits per heavy atom. The molecule has 1 atom stereocenters. The van der Waals surface area contributed by atoms with E-state index in [1.807, 2.05) is 53.7 Å². The van der Waals surface area contributed by atoms with Crippen LogP contribution in [0.1, 0.15) is 5.56 Å². The number of nitrogens with one attached hydrogen (secondary N) is 1. The van der Waals surface area contributed by atoms with Crippen LogP contribution in [0.25, 0.3) is 22.2 Å². The maximum absolute atomic E-state index is 13.3. The van der Waals surface area contributed by atoms with E-state index >= 15 is 0 Å². The number of carbonyl (C=O) groups is 1. The standard InChI is InChI=1S/C25H22ClN5O2/c26-17-12-16-13-22(25(32)31-10-8-30(9-11-31)18-2-1-5-27-15-18)33-23(16)21(14-17)19-3-6-28-24-20(19)4-7-29-24/h1-7,12,14-15,22H,8-11,13H2,(H,28,29)/t22-/m1/s1. The van der Waals surface area contributed by atoms with Gasteiger partial charge in [0.15, 0.2) is 6.10 Å². The topological polar surface area (TPSA) is 74.4 Å². The summed E-state index contributed by atoms with van der Waals surface area (Å²) in [4.78, 5) is 29.2. The Balaban J connectivity index is 1.22. The van der Waals surface area contributed by atoms with E-state index in [1.165, 1.54) is 0 Å². The molecule has 4 aromatic rings. The predicted octanol–water partition coefficient (Wildman–Crippen LogP) is 3.93. The van der Waals surface area contributed by atoms with Gasteiger partial charge < -0.3 is 19.5 Å². The van der Waals surface area contributed by atoms with E-state index in [9.17, 15) is 4.79 Å². The number of halogens is 1. The van der Waals surface area contributed by atoms with Crippen molar-refractivity contribution in [1.82, 2.24) is 19.9 Å². The zero-order valence-electron chi connectivity index (χ0n) is 17.9. The molecule has 3 aromatic heterocycles. The molecule has 1 aromatic carbocycles. The van der Waals surface area contributed by atoms with Gasteiger partial charge in [0.2, 0.25) is 0 Å². The maximum Gasteiger partial charge on any atom is 0.264 e. The van der Waals surface area contributed by atoms with Crippen LogP contribution in [-0.4, -0.2) is 58.0 Å². The Morgan fingerprint density at radius 1 is 1.09 bits per heavy atom. The van der Waals surface area contributed by atoms with Gasteiger partial charge >= 0.3 is 0 Å². The monoisotopic (exact) mass is 459 g/mol. The number of hydrogen-bond acceptors (Lipinski definition) is 5. The molecule has 0 saturated carbocycles. The summed E-state index contributed by atoms with van der Waals surface area (Å²) < 4.78 is 6.30. The first-order valence-electron chi connectivity index (χ1n) is 11.0. The lowest BCUT2D eigenvalue weighted by atomic mass is 9.99. The van der Waals surface area contributed by atoms with Gasteiger partial charge in [0.1, 0.15) is 11.4 Å². The van der Waals surface area contributed by atoms with Gasteiger partial charge in [-0.1, -0.05) is 11.6 Å². The summed E-state index contributed by atoms with van der Waals surface area (Å²) in [5.41, 5.74) is 4.73. The minimum absolute atomic E-state index is 0.0284. The lowest BCUT2D eigenvalue weighted by Crippen LogP contribution is -2.52. The first-order chi connectivity index (χ1) is 16.2. The average Bonchev–Trinajstić information content (AvgIpc) is 3.51. The molecule has 1 saturated heterocycles. The van der Waals surface area contributed by atoms with Crippen LogP contribution in [0.15, 0.2) is 61.2 Å². The summed E-state index contributed by atoms with van der Waals surface area (Å²) in [5.74, 6) is 0.765. The number of ether oxygens (including phenoxy) is 1. The van der Waals surface area contributed by atoms with Crippen LogP contribution in [0, 0.1) is 0 Å². The second-order valence-corrected chi connectivity index (χ2v) is 8.81. The van der Waals surface area contributed by atoms with E-state index in [4.69, 9.17) is 16.3 Å². The third kappa shape index (κ3) is 3.58. The number of pyridine rings is 2. The third-order valence-electron chi connectivity index (χ3n) is 6.42. The number of carbonyl (C=O) groups excluding carboxylic acids is 1. The Labute approximate surface area is 196 Å². The first-order valence-corrected chi connectivity index (χ1v) is 11.4. The highest BCUT2D eigenvalue weighted by molar-refractivity contribution is 6.31. The van der Waals surface area contributed by atoms with Gasteiger partial charge in [-0.15, -0.1) is 0 Å². The van der Waals surface area contributed by atoms with Crippen molar-refractivity contribution in [3.63, 3.8) is 0 Å². The molecule has 166 valence electrons. The number of hydrogen-bond donors (Lipinski definition) is 1. The second-order valence-electron chi connectivity index (χ2n) is 8.37. The van der Waals surface area contributed by atoms with Gasteiger partial charge in [0.25, 0.3) is 5.91 Å². The zero-order valence-corrected chi connectivity index (χ0v) is 18.6. The van der Waals surface area contributed by atoms with Crippen LogP contribution in [-0.2, 0) is 11.2 Å². The quantitative estimate of drug-likeness (QED) is 0.502. The number of nitrogens with zero attached hydrogens (tertiary/aromatic N) is 4. The molecule has 8 heteroatoms. The number of aromatic nitrogens is 3. The lowest BCUT2D eigenvalue weighted by molar-refractivity contribution is -0.138. The van der Waals surface area contributed by atoms with Gasteiger partial charge in [-0.3, -0.25) is 9.78 Å². The number of aromatic amines is 1. The Hall–Kier alpha value is -3.58. The molecule has 2 aliphatic heterocycles. The smallest absolute Gasteiger partial charge is 0.264 e. The molecular formula is C25H22ClN5O2. The number of fused-ring (bicyclic) bond motifs is 2. The van der Waals surface area contributed by atoms with E-state index in [0.717, 1.165) is 52.3 Å². The Kier molecular flexibility index (Phi) is 4.91. The number of rotatable bonds is 3. The Morgan fingerprint density at radius 3 is 2.79 bits per heavy atom. The summed E-state index contributed by atoms with van der Waals surface area (Å²) in [5, 5.41) is 1.62. The number of piperazine rings is 1. The second kappa shape index (κ2) is 8.08. The normalized spacial score (nSPS) is 17.8. The molecule has 1 amide bonds. The lowest BCUT2D eigenvalue weighted by Gasteiger charge is -2.36. The highest BCUT2D eigenvalue weighted by atomic mass is 35.5. The minimum atomic E-state index is -0.536. The molecule has 0 unspecified atom stereocenters. The fraction of sp³-hybridized carbons (Fsp3) is 0.240. The van der Waals surface area contributed by atoms with Crippen molar-refractivity contribution in [2.45, 2.75) is 12.5 Å². The predicted molar refractivity (Wildman–Crippen MR) is 128 cm³/mol. The van der Waals surface area contributed by atoms with Crippen molar-refractivity contribution < 1.29 is 9.53 Å². The summed E-state index contributed by atoms with van der Waals surface area (Å²) in [6.07, 6.45) is 7.24. The van der Waals surface area contributed by atoms with Gasteiger partial charge in [0, 0.05) is 72.7 Å².